The van der Waals surface area contributed by atoms with Crippen LogP contribution in [0.3, 0.4) is 0 Å². The van der Waals surface area contributed by atoms with E-state index in [9.17, 15) is 19.5 Å². The van der Waals surface area contributed by atoms with E-state index >= 15 is 0 Å². The van der Waals surface area contributed by atoms with Crippen LogP contribution in [0.25, 0.3) is 5.76 Å². The van der Waals surface area contributed by atoms with Crippen molar-refractivity contribution in [1.29, 1.82) is 0 Å². The molecule has 1 aliphatic heterocycles. The molecule has 1 aliphatic rings. The molecule has 0 saturated carbocycles. The van der Waals surface area contributed by atoms with Gasteiger partial charge in [0.1, 0.15) is 11.5 Å². The van der Waals surface area contributed by atoms with Crippen LogP contribution in [0.2, 0.25) is 5.02 Å². The first-order chi connectivity index (χ1) is 18.1. The highest BCUT2D eigenvalue weighted by atomic mass is 35.5. The lowest BCUT2D eigenvalue weighted by atomic mass is 9.94. The van der Waals surface area contributed by atoms with Gasteiger partial charge in [-0.25, -0.2) is 0 Å². The fourth-order valence-corrected chi connectivity index (χ4v) is 4.52. The molecule has 0 bridgehead atoms. The Morgan fingerprint density at radius 2 is 1.71 bits per heavy atom. The van der Waals surface area contributed by atoms with Crippen LogP contribution in [-0.2, 0) is 14.4 Å². The van der Waals surface area contributed by atoms with Crippen molar-refractivity contribution >= 4 is 52.0 Å². The third-order valence-corrected chi connectivity index (χ3v) is 6.45. The molecule has 38 heavy (non-hydrogen) atoms. The first kappa shape index (κ1) is 26.8. The number of hydrogen-bond donors (Lipinski definition) is 2. The molecule has 8 nitrogen and oxygen atoms in total. The topological polar surface area (TPSA) is 99.2 Å². The monoisotopic (exact) mass is 533 g/mol. The summed E-state index contributed by atoms with van der Waals surface area (Å²) in [5, 5.41) is 14.4. The van der Waals surface area contributed by atoms with Crippen LogP contribution < -0.4 is 19.9 Å². The molecule has 4 rings (SSSR count). The molecule has 1 fully saturated rings. The molecule has 0 aromatic heterocycles. The van der Waals surface area contributed by atoms with Gasteiger partial charge in [0.05, 0.1) is 23.2 Å². The molecule has 0 spiro atoms. The Balaban J connectivity index is 1.88. The number of aliphatic hydroxyl groups is 1. The van der Waals surface area contributed by atoms with Gasteiger partial charge >= 0.3 is 0 Å². The van der Waals surface area contributed by atoms with Crippen LogP contribution in [0.5, 0.6) is 5.75 Å². The minimum atomic E-state index is -0.899. The van der Waals surface area contributed by atoms with Crippen LogP contribution in [0.1, 0.15) is 31.0 Å². The molecular weight excluding hydrogens is 506 g/mol. The van der Waals surface area contributed by atoms with E-state index in [-0.39, 0.29) is 17.2 Å². The third-order valence-electron chi connectivity index (χ3n) is 6.14. The van der Waals surface area contributed by atoms with Gasteiger partial charge in [0.15, 0.2) is 0 Å². The van der Waals surface area contributed by atoms with E-state index in [1.807, 2.05) is 50.2 Å². The molecule has 1 atom stereocenters. The van der Waals surface area contributed by atoms with E-state index in [1.165, 1.54) is 11.8 Å². The predicted octanol–water partition coefficient (Wildman–Crippen LogP) is 5.39. The normalized spacial score (nSPS) is 16.4. The Kier molecular flexibility index (Phi) is 7.73. The first-order valence-corrected chi connectivity index (χ1v) is 12.4. The maximum Gasteiger partial charge on any atom is 0.300 e. The van der Waals surface area contributed by atoms with E-state index in [0.717, 1.165) is 5.69 Å². The Morgan fingerprint density at radius 3 is 2.29 bits per heavy atom. The molecule has 1 unspecified atom stereocenters. The largest absolute Gasteiger partial charge is 0.507 e. The first-order valence-electron chi connectivity index (χ1n) is 12.0. The van der Waals surface area contributed by atoms with Gasteiger partial charge in [0.2, 0.25) is 5.91 Å². The lowest BCUT2D eigenvalue weighted by molar-refractivity contribution is -0.132. The van der Waals surface area contributed by atoms with Crippen molar-refractivity contribution in [1.82, 2.24) is 0 Å². The minimum absolute atomic E-state index is 0.0525. The fraction of sp³-hybridized carbons (Fsp3) is 0.207. The summed E-state index contributed by atoms with van der Waals surface area (Å²) in [4.78, 5) is 41.5. The molecule has 9 heteroatoms. The van der Waals surface area contributed by atoms with Crippen LogP contribution in [0.4, 0.5) is 17.1 Å². The maximum absolute atomic E-state index is 13.4. The number of carbonyl (C=O) groups excluding carboxylic acids is 3. The van der Waals surface area contributed by atoms with Gasteiger partial charge in [-0.3, -0.25) is 19.3 Å². The molecular formula is C29H28ClN3O5. The van der Waals surface area contributed by atoms with Crippen molar-refractivity contribution in [2.45, 2.75) is 19.9 Å². The summed E-state index contributed by atoms with van der Waals surface area (Å²) in [5.41, 5.74) is 2.81. The molecule has 3 aromatic carbocycles. The average Bonchev–Trinajstić information content (AvgIpc) is 3.15. The lowest BCUT2D eigenvalue weighted by Gasteiger charge is -2.26. The number of halogens is 1. The quantitative estimate of drug-likeness (QED) is 0.240. The van der Waals surface area contributed by atoms with E-state index in [1.54, 1.807) is 42.5 Å². The van der Waals surface area contributed by atoms with Gasteiger partial charge in [0, 0.05) is 43.6 Å². The SMILES string of the molecule is CCOc1cc(/C(O)=C2/C(=O)C(=O)N(c3ccc(NC(C)=O)cc3)C2c2ccc(N(C)C)cc2)ccc1Cl. The summed E-state index contributed by atoms with van der Waals surface area (Å²) in [6, 6.07) is 17.8. The molecule has 196 valence electrons. The molecule has 2 amide bonds. The van der Waals surface area contributed by atoms with Crippen molar-refractivity contribution in [2.24, 2.45) is 0 Å². The Labute approximate surface area is 226 Å². The number of nitrogens with one attached hydrogen (secondary N) is 1. The van der Waals surface area contributed by atoms with Gasteiger partial charge in [-0.15, -0.1) is 0 Å². The van der Waals surface area contributed by atoms with Gasteiger partial charge < -0.3 is 20.1 Å². The third kappa shape index (κ3) is 5.21. The van der Waals surface area contributed by atoms with E-state index in [0.29, 0.717) is 39.9 Å². The number of benzene rings is 3. The second-order valence-electron chi connectivity index (χ2n) is 8.96. The fourth-order valence-electron chi connectivity index (χ4n) is 4.35. The highest BCUT2D eigenvalue weighted by molar-refractivity contribution is 6.51. The highest BCUT2D eigenvalue weighted by Gasteiger charge is 2.47. The molecule has 0 radical (unpaired) electrons. The summed E-state index contributed by atoms with van der Waals surface area (Å²) in [5.74, 6) is -1.80. The van der Waals surface area contributed by atoms with Crippen LogP contribution in [0.15, 0.2) is 72.3 Å². The molecule has 2 N–H and O–H groups in total. The minimum Gasteiger partial charge on any atom is -0.507 e. The summed E-state index contributed by atoms with van der Waals surface area (Å²) in [6.07, 6.45) is 0. The number of nitrogens with zero attached hydrogens (tertiary/aromatic N) is 2. The van der Waals surface area contributed by atoms with Gasteiger partial charge in [-0.2, -0.15) is 0 Å². The summed E-state index contributed by atoms with van der Waals surface area (Å²) >= 11 is 6.22. The van der Waals surface area contributed by atoms with Crippen molar-refractivity contribution in [2.75, 3.05) is 35.8 Å². The number of hydrogen-bond acceptors (Lipinski definition) is 6. The highest BCUT2D eigenvalue weighted by Crippen LogP contribution is 2.43. The van der Waals surface area contributed by atoms with Crippen LogP contribution in [-0.4, -0.2) is 43.4 Å². The molecule has 3 aromatic rings. The predicted molar refractivity (Wildman–Crippen MR) is 149 cm³/mol. The van der Waals surface area contributed by atoms with E-state index in [4.69, 9.17) is 16.3 Å². The van der Waals surface area contributed by atoms with Crippen molar-refractivity contribution in [3.05, 3.63) is 88.5 Å². The number of amides is 2. The number of ketones is 1. The summed E-state index contributed by atoms with van der Waals surface area (Å²) in [6.45, 7) is 3.57. The number of aliphatic hydroxyl groups excluding tert-OH is 1. The standard InChI is InChI=1S/C29H28ClN3O5/c1-5-38-24-16-19(8-15-23(24)30)27(35)25-26(18-6-11-21(12-7-18)32(3)4)33(29(37)28(25)36)22-13-9-20(10-14-22)31-17(2)34/h6-16,26,35H,5H2,1-4H3,(H,31,34)/b27-25-. The number of rotatable bonds is 7. The molecule has 1 saturated heterocycles. The van der Waals surface area contributed by atoms with Gasteiger partial charge in [-0.05, 0) is 67.1 Å². The number of ether oxygens (including phenoxy) is 1. The molecule has 0 aliphatic carbocycles. The number of carbonyl (C=O) groups is 3. The molecule has 1 heterocycles. The number of Topliss-reactive ketones (excluding diaryl/α,β-unsaturated/α-hetero) is 1. The Morgan fingerprint density at radius 1 is 1.05 bits per heavy atom. The zero-order chi connectivity index (χ0) is 27.6. The zero-order valence-corrected chi connectivity index (χ0v) is 22.2. The average molecular weight is 534 g/mol. The van der Waals surface area contributed by atoms with Crippen molar-refractivity contribution < 1.29 is 24.2 Å². The zero-order valence-electron chi connectivity index (χ0n) is 21.5. The second-order valence-corrected chi connectivity index (χ2v) is 9.37. The van der Waals surface area contributed by atoms with Crippen LogP contribution in [0, 0.1) is 0 Å². The number of anilines is 3. The van der Waals surface area contributed by atoms with Crippen LogP contribution >= 0.6 is 11.6 Å². The summed E-state index contributed by atoms with van der Waals surface area (Å²) in [7, 11) is 3.82. The summed E-state index contributed by atoms with van der Waals surface area (Å²) < 4.78 is 5.55. The lowest BCUT2D eigenvalue weighted by Crippen LogP contribution is -2.29. The van der Waals surface area contributed by atoms with Gasteiger partial charge in [-0.1, -0.05) is 23.7 Å². The maximum atomic E-state index is 13.4. The van der Waals surface area contributed by atoms with Crippen molar-refractivity contribution in [3.8, 4) is 5.75 Å². The van der Waals surface area contributed by atoms with E-state index < -0.39 is 17.7 Å². The second kappa shape index (κ2) is 11.0. The Bertz CT molecular complexity index is 1420. The van der Waals surface area contributed by atoms with Crippen molar-refractivity contribution in [3.63, 3.8) is 0 Å². The van der Waals surface area contributed by atoms with E-state index in [2.05, 4.69) is 5.32 Å². The van der Waals surface area contributed by atoms with Gasteiger partial charge in [0.25, 0.3) is 11.7 Å². The smallest absolute Gasteiger partial charge is 0.300 e. The Hall–Kier alpha value is -4.30.